The molecular formula is C6H13N3O2. The van der Waals surface area contributed by atoms with E-state index in [0.717, 1.165) is 0 Å². The Balaban J connectivity index is 2.33. The number of piperidine rings is 1. The molecule has 1 heterocycles. The Bertz CT molecular complexity index is 143. The standard InChI is InChI=1S/C6H13N3O2/c7-8-6(11)9-3-1-5(10)2-4-9/h5,10H,1-4,7H2,(H,8,11). The van der Waals surface area contributed by atoms with Crippen molar-refractivity contribution in [2.24, 2.45) is 5.84 Å². The van der Waals surface area contributed by atoms with E-state index in [1.807, 2.05) is 0 Å². The van der Waals surface area contributed by atoms with Gasteiger partial charge >= 0.3 is 6.03 Å². The van der Waals surface area contributed by atoms with Gasteiger partial charge in [-0.05, 0) is 12.8 Å². The zero-order valence-corrected chi connectivity index (χ0v) is 6.29. The predicted octanol–water partition coefficient (Wildman–Crippen LogP) is -0.974. The third-order valence-corrected chi connectivity index (χ3v) is 1.88. The van der Waals surface area contributed by atoms with Gasteiger partial charge in [-0.3, -0.25) is 5.43 Å². The van der Waals surface area contributed by atoms with Crippen molar-refractivity contribution in [3.05, 3.63) is 0 Å². The lowest BCUT2D eigenvalue weighted by molar-refractivity contribution is 0.0937. The minimum atomic E-state index is -0.267. The van der Waals surface area contributed by atoms with E-state index in [0.29, 0.717) is 25.9 Å². The van der Waals surface area contributed by atoms with Gasteiger partial charge in [0, 0.05) is 13.1 Å². The smallest absolute Gasteiger partial charge is 0.331 e. The molecule has 1 fully saturated rings. The van der Waals surface area contributed by atoms with E-state index in [4.69, 9.17) is 10.9 Å². The number of rotatable bonds is 0. The lowest BCUT2D eigenvalue weighted by Crippen LogP contribution is -2.47. The van der Waals surface area contributed by atoms with Gasteiger partial charge in [0.15, 0.2) is 0 Å². The lowest BCUT2D eigenvalue weighted by Gasteiger charge is -2.28. The summed E-state index contributed by atoms with van der Waals surface area (Å²) in [6.45, 7) is 1.18. The van der Waals surface area contributed by atoms with Crippen LogP contribution in [0.3, 0.4) is 0 Å². The molecule has 0 unspecified atom stereocenters. The van der Waals surface area contributed by atoms with Crippen LogP contribution in [0.2, 0.25) is 0 Å². The fourth-order valence-electron chi connectivity index (χ4n) is 1.16. The fraction of sp³-hybridized carbons (Fsp3) is 0.833. The first-order valence-electron chi connectivity index (χ1n) is 3.67. The second-order valence-corrected chi connectivity index (χ2v) is 2.67. The van der Waals surface area contributed by atoms with Crippen molar-refractivity contribution in [1.82, 2.24) is 10.3 Å². The topological polar surface area (TPSA) is 78.6 Å². The molecule has 0 saturated carbocycles. The first-order chi connectivity index (χ1) is 5.24. The molecule has 2 amide bonds. The number of hydrogen-bond acceptors (Lipinski definition) is 3. The number of hydrogen-bond donors (Lipinski definition) is 3. The lowest BCUT2D eigenvalue weighted by atomic mass is 10.1. The molecule has 64 valence electrons. The van der Waals surface area contributed by atoms with Crippen LogP contribution in [0, 0.1) is 0 Å². The van der Waals surface area contributed by atoms with Crippen molar-refractivity contribution in [2.45, 2.75) is 18.9 Å². The van der Waals surface area contributed by atoms with Crippen molar-refractivity contribution in [3.63, 3.8) is 0 Å². The molecular weight excluding hydrogens is 146 g/mol. The van der Waals surface area contributed by atoms with Gasteiger partial charge in [-0.25, -0.2) is 10.6 Å². The molecule has 5 heteroatoms. The van der Waals surface area contributed by atoms with E-state index in [9.17, 15) is 4.79 Å². The number of hydrazine groups is 1. The monoisotopic (exact) mass is 159 g/mol. The largest absolute Gasteiger partial charge is 0.393 e. The molecule has 1 rings (SSSR count). The maximum Gasteiger partial charge on any atom is 0.331 e. The summed E-state index contributed by atoms with van der Waals surface area (Å²) in [5.41, 5.74) is 2.05. The number of urea groups is 1. The first-order valence-corrected chi connectivity index (χ1v) is 3.67. The molecule has 0 aromatic heterocycles. The summed E-state index contributed by atoms with van der Waals surface area (Å²) in [4.78, 5) is 12.5. The summed E-state index contributed by atoms with van der Waals surface area (Å²) in [5, 5.41) is 9.09. The van der Waals surface area contributed by atoms with Gasteiger partial charge in [-0.15, -0.1) is 0 Å². The highest BCUT2D eigenvalue weighted by atomic mass is 16.3. The van der Waals surface area contributed by atoms with E-state index in [-0.39, 0.29) is 12.1 Å². The van der Waals surface area contributed by atoms with Crippen molar-refractivity contribution in [2.75, 3.05) is 13.1 Å². The van der Waals surface area contributed by atoms with Crippen LogP contribution in [0.4, 0.5) is 4.79 Å². The number of amides is 2. The SMILES string of the molecule is NNC(=O)N1CCC(O)CC1. The Labute approximate surface area is 65.1 Å². The molecule has 1 saturated heterocycles. The van der Waals surface area contributed by atoms with Gasteiger partial charge in [0.05, 0.1) is 6.10 Å². The number of likely N-dealkylation sites (tertiary alicyclic amines) is 1. The van der Waals surface area contributed by atoms with Crippen LogP contribution >= 0.6 is 0 Å². The quantitative estimate of drug-likeness (QED) is 0.241. The normalized spacial score (nSPS) is 20.0. The van der Waals surface area contributed by atoms with Crippen molar-refractivity contribution in [1.29, 1.82) is 0 Å². The molecule has 0 bridgehead atoms. The van der Waals surface area contributed by atoms with Crippen LogP contribution in [-0.2, 0) is 0 Å². The number of aliphatic hydroxyl groups is 1. The molecule has 0 atom stereocenters. The maximum atomic E-state index is 10.9. The Morgan fingerprint density at radius 1 is 1.55 bits per heavy atom. The molecule has 1 aliphatic rings. The van der Waals surface area contributed by atoms with E-state index in [1.165, 1.54) is 0 Å². The summed E-state index contributed by atoms with van der Waals surface area (Å²) >= 11 is 0. The Morgan fingerprint density at radius 2 is 2.09 bits per heavy atom. The van der Waals surface area contributed by atoms with Crippen LogP contribution in [-0.4, -0.2) is 35.2 Å². The fourth-order valence-corrected chi connectivity index (χ4v) is 1.16. The second-order valence-electron chi connectivity index (χ2n) is 2.67. The number of aliphatic hydroxyl groups excluding tert-OH is 1. The zero-order valence-electron chi connectivity index (χ0n) is 6.29. The number of carbonyl (C=O) groups is 1. The van der Waals surface area contributed by atoms with Gasteiger partial charge in [0.25, 0.3) is 0 Å². The van der Waals surface area contributed by atoms with E-state index in [2.05, 4.69) is 5.43 Å². The second kappa shape index (κ2) is 3.54. The van der Waals surface area contributed by atoms with Crippen LogP contribution in [0.15, 0.2) is 0 Å². The van der Waals surface area contributed by atoms with Crippen molar-refractivity contribution in [3.8, 4) is 0 Å². The molecule has 0 aromatic carbocycles. The third-order valence-electron chi connectivity index (χ3n) is 1.88. The highest BCUT2D eigenvalue weighted by molar-refractivity contribution is 5.73. The summed E-state index contributed by atoms with van der Waals surface area (Å²) in [6, 6.07) is -0.267. The summed E-state index contributed by atoms with van der Waals surface area (Å²) in [7, 11) is 0. The predicted molar refractivity (Wildman–Crippen MR) is 39.5 cm³/mol. The van der Waals surface area contributed by atoms with Gasteiger partial charge in [0.2, 0.25) is 0 Å². The molecule has 5 nitrogen and oxygen atoms in total. The molecule has 0 spiro atoms. The summed E-state index contributed by atoms with van der Waals surface area (Å²) < 4.78 is 0. The average Bonchev–Trinajstić information content (AvgIpc) is 2.05. The van der Waals surface area contributed by atoms with Crippen LogP contribution in [0.1, 0.15) is 12.8 Å². The number of nitrogens with zero attached hydrogens (tertiary/aromatic N) is 1. The molecule has 0 aromatic rings. The Kier molecular flexibility index (Phi) is 2.67. The molecule has 0 aliphatic carbocycles. The molecule has 1 aliphatic heterocycles. The van der Waals surface area contributed by atoms with Gasteiger partial charge in [-0.1, -0.05) is 0 Å². The van der Waals surface area contributed by atoms with E-state index < -0.39 is 0 Å². The summed E-state index contributed by atoms with van der Waals surface area (Å²) in [5.74, 6) is 4.93. The highest BCUT2D eigenvalue weighted by Crippen LogP contribution is 2.08. The number of nitrogens with one attached hydrogen (secondary N) is 1. The molecule has 4 N–H and O–H groups in total. The van der Waals surface area contributed by atoms with Gasteiger partial charge in [-0.2, -0.15) is 0 Å². The van der Waals surface area contributed by atoms with Crippen LogP contribution in [0.5, 0.6) is 0 Å². The molecule has 0 radical (unpaired) electrons. The third kappa shape index (κ3) is 2.06. The maximum absolute atomic E-state index is 10.9. The summed E-state index contributed by atoms with van der Waals surface area (Å²) in [6.07, 6.45) is 1.04. The Hall–Kier alpha value is -0.810. The number of nitrogens with two attached hydrogens (primary N) is 1. The average molecular weight is 159 g/mol. The minimum Gasteiger partial charge on any atom is -0.393 e. The van der Waals surface area contributed by atoms with Crippen LogP contribution < -0.4 is 11.3 Å². The van der Waals surface area contributed by atoms with Gasteiger partial charge in [0.1, 0.15) is 0 Å². The van der Waals surface area contributed by atoms with Gasteiger partial charge < -0.3 is 10.0 Å². The van der Waals surface area contributed by atoms with E-state index in [1.54, 1.807) is 4.90 Å². The van der Waals surface area contributed by atoms with Crippen LogP contribution in [0.25, 0.3) is 0 Å². The molecule has 11 heavy (non-hydrogen) atoms. The number of carbonyl (C=O) groups excluding carboxylic acids is 1. The highest BCUT2D eigenvalue weighted by Gasteiger charge is 2.19. The Morgan fingerprint density at radius 3 is 2.55 bits per heavy atom. The van der Waals surface area contributed by atoms with E-state index >= 15 is 0 Å². The van der Waals surface area contributed by atoms with Crippen molar-refractivity contribution >= 4 is 6.03 Å². The zero-order chi connectivity index (χ0) is 8.27. The minimum absolute atomic E-state index is 0.253. The van der Waals surface area contributed by atoms with Crippen molar-refractivity contribution < 1.29 is 9.90 Å². The first kappa shape index (κ1) is 8.29.